The number of phosphoric acid groups is 1. The van der Waals surface area contributed by atoms with Gasteiger partial charge >= 0.3 is 13.8 Å². The Morgan fingerprint density at radius 1 is 0.525 bits per heavy atom. The van der Waals surface area contributed by atoms with Gasteiger partial charge in [0.05, 0.1) is 26.4 Å². The van der Waals surface area contributed by atoms with E-state index in [2.05, 4.69) is 74.6 Å². The molecule has 3 unspecified atom stereocenters. The van der Waals surface area contributed by atoms with Gasteiger partial charge in [0.15, 0.2) is 0 Å². The number of aliphatic hydroxyl groups excluding tert-OH is 2. The van der Waals surface area contributed by atoms with Crippen LogP contribution < -0.4 is 0 Å². The molecule has 0 aromatic rings. The Hall–Kier alpha value is -1.84. The maximum atomic E-state index is 12.7. The van der Waals surface area contributed by atoms with Crippen molar-refractivity contribution in [1.82, 2.24) is 0 Å². The fraction of sp³-hybridized carbons (Fsp3) is 0.784. The Labute approximate surface area is 374 Å². The maximum Gasteiger partial charge on any atom is 0.472 e. The third kappa shape index (κ3) is 47.5. The van der Waals surface area contributed by atoms with Gasteiger partial charge in [-0.3, -0.25) is 13.8 Å². The lowest BCUT2D eigenvalue weighted by molar-refractivity contribution is -0.154. The minimum Gasteiger partial charge on any atom is -0.457 e. The van der Waals surface area contributed by atoms with Gasteiger partial charge in [-0.1, -0.05) is 209 Å². The molecule has 3 atom stereocenters. The second kappa shape index (κ2) is 47.6. The monoisotopic (exact) mass is 881 g/mol. The first-order chi connectivity index (χ1) is 29.8. The molecular formula is C51H93O9P. The third-order valence-electron chi connectivity index (χ3n) is 10.5. The molecule has 0 spiro atoms. The van der Waals surface area contributed by atoms with Crippen LogP contribution in [0, 0.1) is 0 Å². The van der Waals surface area contributed by atoms with Crippen molar-refractivity contribution in [1.29, 1.82) is 0 Å². The van der Waals surface area contributed by atoms with Crippen LogP contribution in [-0.2, 0) is 27.9 Å². The minimum absolute atomic E-state index is 0.0391. The Bertz CT molecular complexity index is 1140. The van der Waals surface area contributed by atoms with Crippen LogP contribution in [0.1, 0.15) is 213 Å². The second-order valence-corrected chi connectivity index (χ2v) is 17.9. The molecule has 3 N–H and O–H groups in total. The molecule has 0 amide bonds. The van der Waals surface area contributed by atoms with E-state index in [9.17, 15) is 19.4 Å². The predicted octanol–water partition coefficient (Wildman–Crippen LogP) is 14.3. The van der Waals surface area contributed by atoms with Crippen molar-refractivity contribution in [2.24, 2.45) is 0 Å². The van der Waals surface area contributed by atoms with Crippen LogP contribution in [0.4, 0.5) is 0 Å². The average Bonchev–Trinajstić information content (AvgIpc) is 3.25. The highest BCUT2D eigenvalue weighted by molar-refractivity contribution is 7.47. The lowest BCUT2D eigenvalue weighted by Crippen LogP contribution is -2.29. The molecule has 0 aliphatic carbocycles. The number of ether oxygens (including phenoxy) is 2. The van der Waals surface area contributed by atoms with Crippen LogP contribution >= 0.6 is 7.82 Å². The Morgan fingerprint density at radius 3 is 1.41 bits per heavy atom. The van der Waals surface area contributed by atoms with Gasteiger partial charge in [-0.2, -0.15) is 0 Å². The largest absolute Gasteiger partial charge is 0.472 e. The Kier molecular flexibility index (Phi) is 46.2. The summed E-state index contributed by atoms with van der Waals surface area (Å²) in [5.74, 6) is -0.386. The number of unbranched alkanes of at least 4 members (excludes halogenated alkanes) is 23. The minimum atomic E-state index is -4.53. The molecule has 9 nitrogen and oxygen atoms in total. The lowest BCUT2D eigenvalue weighted by Gasteiger charge is -2.20. The van der Waals surface area contributed by atoms with Crippen molar-refractivity contribution in [2.75, 3.05) is 33.0 Å². The fourth-order valence-electron chi connectivity index (χ4n) is 6.74. The molecule has 0 rings (SSSR count). The van der Waals surface area contributed by atoms with Crippen molar-refractivity contribution < 1.29 is 43.0 Å². The number of carbonyl (C=O) groups excluding carboxylic acids is 1. The van der Waals surface area contributed by atoms with Gasteiger partial charge in [0.1, 0.15) is 12.2 Å². The highest BCUT2D eigenvalue weighted by Gasteiger charge is 2.26. The first kappa shape index (κ1) is 59.2. The molecule has 0 aromatic heterocycles. The molecule has 0 bridgehead atoms. The number of phosphoric ester groups is 1. The van der Waals surface area contributed by atoms with Crippen LogP contribution in [0.25, 0.3) is 0 Å². The Balaban J connectivity index is 4.13. The first-order valence-electron chi connectivity index (χ1n) is 24.8. The van der Waals surface area contributed by atoms with Gasteiger partial charge in [-0.05, 0) is 57.8 Å². The van der Waals surface area contributed by atoms with Crippen LogP contribution in [0.5, 0.6) is 0 Å². The summed E-state index contributed by atoms with van der Waals surface area (Å²) in [5, 5.41) is 18.4. The SMILES string of the molecule is CC/C=C\C/C=C\C/C=C\C/C=C\C/C=C\CCCCCCCCOCC(COP(=O)(O)OCC(O)CO)OC(=O)CCCCCCCCCCCCCCCCCCCC. The number of esters is 1. The van der Waals surface area contributed by atoms with Crippen molar-refractivity contribution in [3.05, 3.63) is 60.8 Å². The molecule has 0 aliphatic rings. The van der Waals surface area contributed by atoms with Crippen molar-refractivity contribution in [2.45, 2.75) is 225 Å². The average molecular weight is 881 g/mol. The van der Waals surface area contributed by atoms with Crippen LogP contribution in [0.15, 0.2) is 60.8 Å². The first-order valence-corrected chi connectivity index (χ1v) is 26.3. The van der Waals surface area contributed by atoms with Crippen molar-refractivity contribution >= 4 is 13.8 Å². The van der Waals surface area contributed by atoms with Gasteiger partial charge < -0.3 is 24.6 Å². The van der Waals surface area contributed by atoms with Gasteiger partial charge in [0.2, 0.25) is 0 Å². The zero-order chi connectivity index (χ0) is 44.6. The molecule has 10 heteroatoms. The lowest BCUT2D eigenvalue weighted by atomic mass is 10.0. The van der Waals surface area contributed by atoms with Crippen LogP contribution in [0.2, 0.25) is 0 Å². The number of hydrogen-bond donors (Lipinski definition) is 3. The number of hydrogen-bond acceptors (Lipinski definition) is 8. The smallest absolute Gasteiger partial charge is 0.457 e. The summed E-state index contributed by atoms with van der Waals surface area (Å²) in [6.45, 7) is 3.39. The van der Waals surface area contributed by atoms with Crippen molar-refractivity contribution in [3.63, 3.8) is 0 Å². The van der Waals surface area contributed by atoms with E-state index in [1.54, 1.807) is 0 Å². The number of carbonyl (C=O) groups is 1. The van der Waals surface area contributed by atoms with E-state index in [-0.39, 0.29) is 25.6 Å². The van der Waals surface area contributed by atoms with Crippen LogP contribution in [-0.4, -0.2) is 66.3 Å². The number of rotatable bonds is 47. The summed E-state index contributed by atoms with van der Waals surface area (Å²) in [6.07, 6.45) is 56.1. The highest BCUT2D eigenvalue weighted by Crippen LogP contribution is 2.43. The fourth-order valence-corrected chi connectivity index (χ4v) is 7.53. The maximum absolute atomic E-state index is 12.7. The zero-order valence-corrected chi connectivity index (χ0v) is 40.0. The molecule has 0 aromatic carbocycles. The second-order valence-electron chi connectivity index (χ2n) is 16.5. The Morgan fingerprint density at radius 2 is 0.934 bits per heavy atom. The molecular weight excluding hydrogens is 788 g/mol. The van der Waals surface area contributed by atoms with E-state index in [1.807, 2.05) is 0 Å². The predicted molar refractivity (Wildman–Crippen MR) is 256 cm³/mol. The molecule has 0 aliphatic heterocycles. The van der Waals surface area contributed by atoms with E-state index >= 15 is 0 Å². The molecule has 0 fully saturated rings. The summed E-state index contributed by atoms with van der Waals surface area (Å²) in [6, 6.07) is 0. The number of allylic oxidation sites excluding steroid dienone is 10. The topological polar surface area (TPSA) is 132 Å². The van der Waals surface area contributed by atoms with Crippen molar-refractivity contribution in [3.8, 4) is 0 Å². The number of aliphatic hydroxyl groups is 2. The zero-order valence-electron chi connectivity index (χ0n) is 39.1. The molecule has 0 radical (unpaired) electrons. The van der Waals surface area contributed by atoms with E-state index in [4.69, 9.17) is 23.6 Å². The molecule has 61 heavy (non-hydrogen) atoms. The molecule has 0 heterocycles. The summed E-state index contributed by atoms with van der Waals surface area (Å²) in [7, 11) is -4.53. The standard InChI is InChI=1S/C51H93O9P/c1-3-5-7-9-11-13-15-17-19-21-23-24-25-26-28-30-32-34-36-38-40-42-44-57-47-50(48-59-61(55,56)58-46-49(53)45-52)60-51(54)43-41-39-37-35-33-31-29-27-22-20-18-16-14-12-10-8-6-4-2/h5,7,11,13,17,19,23-24,26,28,49-50,52-53H,3-4,6,8-10,12,14-16,18,20-22,25,27,29-48H2,1-2H3,(H,55,56)/b7-5-,13-11-,19-17-,24-23-,28-26-. The summed E-state index contributed by atoms with van der Waals surface area (Å²) in [4.78, 5) is 22.7. The van der Waals surface area contributed by atoms with E-state index in [0.29, 0.717) is 6.61 Å². The molecule has 0 saturated carbocycles. The van der Waals surface area contributed by atoms with E-state index < -0.39 is 33.2 Å². The highest BCUT2D eigenvalue weighted by atomic mass is 31.2. The summed E-state index contributed by atoms with van der Waals surface area (Å²) >= 11 is 0. The molecule has 356 valence electrons. The van der Waals surface area contributed by atoms with E-state index in [0.717, 1.165) is 77.0 Å². The molecule has 0 saturated heterocycles. The summed E-state index contributed by atoms with van der Waals surface area (Å²) in [5.41, 5.74) is 0. The van der Waals surface area contributed by atoms with Gasteiger partial charge in [0.25, 0.3) is 0 Å². The quantitative estimate of drug-likeness (QED) is 0.0237. The van der Waals surface area contributed by atoms with Gasteiger partial charge in [0, 0.05) is 13.0 Å². The van der Waals surface area contributed by atoms with Crippen LogP contribution in [0.3, 0.4) is 0 Å². The normalized spacial score (nSPS) is 14.4. The third-order valence-corrected chi connectivity index (χ3v) is 11.4. The summed E-state index contributed by atoms with van der Waals surface area (Å²) < 4.78 is 33.5. The van der Waals surface area contributed by atoms with Gasteiger partial charge in [-0.15, -0.1) is 0 Å². The van der Waals surface area contributed by atoms with Gasteiger partial charge in [-0.25, -0.2) is 4.57 Å². The van der Waals surface area contributed by atoms with E-state index in [1.165, 1.54) is 116 Å².